The van der Waals surface area contributed by atoms with Crippen molar-refractivity contribution in [2.24, 2.45) is 14.1 Å². The van der Waals surface area contributed by atoms with Crippen LogP contribution in [0.5, 0.6) is 0 Å². The van der Waals surface area contributed by atoms with Gasteiger partial charge in [0.05, 0.1) is 18.1 Å². The van der Waals surface area contributed by atoms with Gasteiger partial charge in [0.15, 0.2) is 0 Å². The maximum absolute atomic E-state index is 4.79. The van der Waals surface area contributed by atoms with Crippen LogP contribution in [0.4, 0.5) is 0 Å². The molecule has 0 saturated carbocycles. The number of thiazole rings is 1. The van der Waals surface area contributed by atoms with Crippen LogP contribution in [0.2, 0.25) is 0 Å². The van der Waals surface area contributed by atoms with Gasteiger partial charge in [-0.2, -0.15) is 10.2 Å². The van der Waals surface area contributed by atoms with Crippen LogP contribution >= 0.6 is 11.3 Å². The van der Waals surface area contributed by atoms with E-state index in [2.05, 4.69) is 26.7 Å². The van der Waals surface area contributed by atoms with Gasteiger partial charge in [-0.15, -0.1) is 11.3 Å². The number of likely N-dealkylation sites (tertiary alicyclic amines) is 1. The van der Waals surface area contributed by atoms with Crippen molar-refractivity contribution >= 4 is 11.3 Å². The van der Waals surface area contributed by atoms with Gasteiger partial charge in [-0.3, -0.25) is 14.3 Å². The second-order valence-electron chi connectivity index (χ2n) is 6.12. The van der Waals surface area contributed by atoms with E-state index >= 15 is 0 Å². The lowest BCUT2D eigenvalue weighted by Gasteiger charge is -2.22. The molecule has 23 heavy (non-hydrogen) atoms. The van der Waals surface area contributed by atoms with Crippen LogP contribution in [-0.4, -0.2) is 36.0 Å². The third-order valence-electron chi connectivity index (χ3n) is 4.34. The standard InChI is InChI=1S/C16H20N6S/c1-20-8-12(6-17-20)15-4-3-5-22(15)10-14-11-23-16(19-14)13-7-18-21(2)9-13/h6-9,11,15H,3-5,10H2,1-2H3/t15-/m1/s1. The molecular formula is C16H20N6S. The molecule has 0 spiro atoms. The van der Waals surface area contributed by atoms with E-state index in [4.69, 9.17) is 4.98 Å². The summed E-state index contributed by atoms with van der Waals surface area (Å²) in [5.41, 5.74) is 3.55. The third kappa shape index (κ3) is 2.94. The van der Waals surface area contributed by atoms with E-state index in [9.17, 15) is 0 Å². The topological polar surface area (TPSA) is 51.8 Å². The molecule has 120 valence electrons. The Morgan fingerprint density at radius 2 is 2.00 bits per heavy atom. The van der Waals surface area contributed by atoms with Crippen LogP contribution in [0.25, 0.3) is 10.6 Å². The summed E-state index contributed by atoms with van der Waals surface area (Å²) >= 11 is 1.69. The van der Waals surface area contributed by atoms with Crippen LogP contribution in [0, 0.1) is 0 Å². The Morgan fingerprint density at radius 3 is 2.74 bits per heavy atom. The summed E-state index contributed by atoms with van der Waals surface area (Å²) in [6.07, 6.45) is 10.4. The largest absolute Gasteiger partial charge is 0.290 e. The minimum atomic E-state index is 0.465. The van der Waals surface area contributed by atoms with E-state index in [-0.39, 0.29) is 0 Å². The zero-order valence-electron chi connectivity index (χ0n) is 13.4. The maximum Gasteiger partial charge on any atom is 0.126 e. The molecule has 0 aliphatic carbocycles. The highest BCUT2D eigenvalue weighted by molar-refractivity contribution is 7.13. The maximum atomic E-state index is 4.79. The van der Waals surface area contributed by atoms with Crippen molar-refractivity contribution in [2.75, 3.05) is 6.54 Å². The second-order valence-corrected chi connectivity index (χ2v) is 6.98. The van der Waals surface area contributed by atoms with Crippen molar-refractivity contribution in [3.63, 3.8) is 0 Å². The van der Waals surface area contributed by atoms with Gasteiger partial charge in [0.25, 0.3) is 0 Å². The number of hydrogen-bond acceptors (Lipinski definition) is 5. The molecule has 0 amide bonds. The zero-order chi connectivity index (χ0) is 15.8. The molecule has 1 fully saturated rings. The van der Waals surface area contributed by atoms with Crippen molar-refractivity contribution in [3.8, 4) is 10.6 Å². The van der Waals surface area contributed by atoms with Gasteiger partial charge < -0.3 is 0 Å². The van der Waals surface area contributed by atoms with E-state index < -0.39 is 0 Å². The molecule has 4 heterocycles. The molecule has 3 aromatic heterocycles. The summed E-state index contributed by atoms with van der Waals surface area (Å²) in [6.45, 7) is 2.02. The van der Waals surface area contributed by atoms with Gasteiger partial charge in [-0.05, 0) is 19.4 Å². The van der Waals surface area contributed by atoms with Crippen molar-refractivity contribution < 1.29 is 0 Å². The lowest BCUT2D eigenvalue weighted by molar-refractivity contribution is 0.246. The Labute approximate surface area is 139 Å². The zero-order valence-corrected chi connectivity index (χ0v) is 14.2. The minimum Gasteiger partial charge on any atom is -0.290 e. The molecule has 1 atom stereocenters. The van der Waals surface area contributed by atoms with Gasteiger partial charge in [0, 0.05) is 55.6 Å². The van der Waals surface area contributed by atoms with E-state index in [0.29, 0.717) is 6.04 Å². The average Bonchev–Trinajstić information content (AvgIpc) is 3.26. The summed E-state index contributed by atoms with van der Waals surface area (Å²) < 4.78 is 3.70. The fourth-order valence-electron chi connectivity index (χ4n) is 3.26. The number of aromatic nitrogens is 5. The monoisotopic (exact) mass is 328 g/mol. The van der Waals surface area contributed by atoms with Gasteiger partial charge in [-0.25, -0.2) is 4.98 Å². The average molecular weight is 328 g/mol. The normalized spacial score (nSPS) is 18.8. The van der Waals surface area contributed by atoms with Gasteiger partial charge >= 0.3 is 0 Å². The van der Waals surface area contributed by atoms with E-state index in [1.807, 2.05) is 42.0 Å². The van der Waals surface area contributed by atoms with Crippen LogP contribution in [0.1, 0.15) is 30.1 Å². The van der Waals surface area contributed by atoms with Gasteiger partial charge in [0.2, 0.25) is 0 Å². The summed E-state index contributed by atoms with van der Waals surface area (Å²) in [4.78, 5) is 7.31. The molecule has 3 aromatic rings. The van der Waals surface area contributed by atoms with Crippen LogP contribution in [-0.2, 0) is 20.6 Å². The number of nitrogens with zero attached hydrogens (tertiary/aromatic N) is 6. The first-order chi connectivity index (χ1) is 11.2. The van der Waals surface area contributed by atoms with Crippen molar-refractivity contribution in [1.29, 1.82) is 0 Å². The molecule has 0 unspecified atom stereocenters. The third-order valence-corrected chi connectivity index (χ3v) is 5.28. The minimum absolute atomic E-state index is 0.465. The second kappa shape index (κ2) is 5.90. The van der Waals surface area contributed by atoms with Gasteiger partial charge in [-0.1, -0.05) is 0 Å². The van der Waals surface area contributed by atoms with Gasteiger partial charge in [0.1, 0.15) is 5.01 Å². The van der Waals surface area contributed by atoms with Crippen LogP contribution in [0.3, 0.4) is 0 Å². The predicted octanol–water partition coefficient (Wildman–Crippen LogP) is 2.61. The number of hydrogen-bond donors (Lipinski definition) is 0. The van der Waals surface area contributed by atoms with Crippen molar-refractivity contribution in [1.82, 2.24) is 29.4 Å². The number of rotatable bonds is 4. The molecule has 0 aromatic carbocycles. The molecule has 1 saturated heterocycles. The highest BCUT2D eigenvalue weighted by Crippen LogP contribution is 2.33. The molecule has 0 radical (unpaired) electrons. The Balaban J connectivity index is 1.50. The molecule has 1 aliphatic rings. The summed E-state index contributed by atoms with van der Waals surface area (Å²) in [5.74, 6) is 0. The first-order valence-electron chi connectivity index (χ1n) is 7.85. The van der Waals surface area contributed by atoms with Crippen LogP contribution in [0.15, 0.2) is 30.2 Å². The SMILES string of the molecule is Cn1cc(-c2nc(CN3CCC[C@@H]3c3cnn(C)c3)cs2)cn1. The fourth-order valence-corrected chi connectivity index (χ4v) is 4.04. The first kappa shape index (κ1) is 14.6. The fraction of sp³-hybridized carbons (Fsp3) is 0.438. The molecule has 7 heteroatoms. The van der Waals surface area contributed by atoms with E-state index in [1.165, 1.54) is 18.4 Å². The predicted molar refractivity (Wildman–Crippen MR) is 89.9 cm³/mol. The Kier molecular flexibility index (Phi) is 3.74. The highest BCUT2D eigenvalue weighted by atomic mass is 32.1. The summed E-state index contributed by atoms with van der Waals surface area (Å²) in [6, 6.07) is 0.465. The molecular weight excluding hydrogens is 308 g/mol. The Hall–Kier alpha value is -1.99. The molecule has 0 bridgehead atoms. The molecule has 1 aliphatic heterocycles. The number of aryl methyl sites for hydroxylation is 2. The van der Waals surface area contributed by atoms with E-state index in [1.54, 1.807) is 11.3 Å². The molecule has 4 rings (SSSR count). The highest BCUT2D eigenvalue weighted by Gasteiger charge is 2.27. The lowest BCUT2D eigenvalue weighted by atomic mass is 10.1. The smallest absolute Gasteiger partial charge is 0.126 e. The Bertz CT molecular complexity index is 801. The lowest BCUT2D eigenvalue weighted by Crippen LogP contribution is -2.22. The summed E-state index contributed by atoms with van der Waals surface area (Å²) in [5, 5.41) is 11.8. The van der Waals surface area contributed by atoms with Crippen molar-refractivity contribution in [3.05, 3.63) is 41.4 Å². The summed E-state index contributed by atoms with van der Waals surface area (Å²) in [7, 11) is 3.91. The Morgan fingerprint density at radius 1 is 1.17 bits per heavy atom. The molecule has 0 N–H and O–H groups in total. The quantitative estimate of drug-likeness (QED) is 0.739. The van der Waals surface area contributed by atoms with Crippen LogP contribution < -0.4 is 0 Å². The van der Waals surface area contributed by atoms with Crippen molar-refractivity contribution in [2.45, 2.75) is 25.4 Å². The molecule has 6 nitrogen and oxygen atoms in total. The van der Waals surface area contributed by atoms with E-state index in [0.717, 1.165) is 29.4 Å². The first-order valence-corrected chi connectivity index (χ1v) is 8.73.